The van der Waals surface area contributed by atoms with Crippen molar-refractivity contribution < 1.29 is 9.59 Å². The zero-order valence-electron chi connectivity index (χ0n) is 15.8. The third kappa shape index (κ3) is 8.40. The maximum Gasteiger partial charge on any atom is 0.225 e. The number of hydrogen-bond acceptors (Lipinski definition) is 2. The lowest BCUT2D eigenvalue weighted by Crippen LogP contribution is -2.45. The third-order valence-electron chi connectivity index (χ3n) is 3.77. The van der Waals surface area contributed by atoms with Gasteiger partial charge >= 0.3 is 0 Å². The molecule has 0 radical (unpaired) electrons. The summed E-state index contributed by atoms with van der Waals surface area (Å²) in [5.41, 5.74) is -0.293. The average molecular weight is 312 g/mol. The van der Waals surface area contributed by atoms with E-state index in [0.29, 0.717) is 6.54 Å². The Kier molecular flexibility index (Phi) is 8.13. The van der Waals surface area contributed by atoms with Crippen LogP contribution < -0.4 is 10.6 Å². The van der Waals surface area contributed by atoms with Crippen molar-refractivity contribution >= 4 is 11.8 Å². The van der Waals surface area contributed by atoms with Gasteiger partial charge in [-0.15, -0.1) is 0 Å². The van der Waals surface area contributed by atoms with Gasteiger partial charge in [0, 0.05) is 23.9 Å². The van der Waals surface area contributed by atoms with Gasteiger partial charge in [-0.25, -0.2) is 0 Å². The Morgan fingerprint density at radius 3 is 1.91 bits per heavy atom. The van der Waals surface area contributed by atoms with Gasteiger partial charge in [0.05, 0.1) is 0 Å². The Morgan fingerprint density at radius 1 is 0.955 bits per heavy atom. The summed E-state index contributed by atoms with van der Waals surface area (Å²) in [4.78, 5) is 23.7. The molecule has 2 amide bonds. The van der Waals surface area contributed by atoms with Crippen molar-refractivity contribution in [3.8, 4) is 0 Å². The lowest BCUT2D eigenvalue weighted by molar-refractivity contribution is -0.128. The molecular weight excluding hydrogens is 276 g/mol. The summed E-state index contributed by atoms with van der Waals surface area (Å²) >= 11 is 0. The number of nitrogens with one attached hydrogen (secondary N) is 2. The van der Waals surface area contributed by atoms with Crippen molar-refractivity contribution in [1.82, 2.24) is 10.6 Å². The van der Waals surface area contributed by atoms with Gasteiger partial charge in [-0.3, -0.25) is 9.59 Å². The van der Waals surface area contributed by atoms with E-state index in [1.54, 1.807) is 0 Å². The van der Waals surface area contributed by atoms with E-state index >= 15 is 0 Å². The van der Waals surface area contributed by atoms with E-state index in [4.69, 9.17) is 0 Å². The quantitative estimate of drug-likeness (QED) is 0.707. The van der Waals surface area contributed by atoms with Crippen LogP contribution in [-0.4, -0.2) is 24.4 Å². The summed E-state index contributed by atoms with van der Waals surface area (Å²) in [5.74, 6) is 0.213. The highest BCUT2D eigenvalue weighted by molar-refractivity contribution is 5.81. The number of amides is 2. The standard InChI is InChI=1S/C18H36N2O2/c1-13(2)15(21)20-14(17(3,4)5)11-9-10-12-19-16(22)18(6,7)8/h13-14H,9-12H2,1-8H3,(H,19,22)(H,20,21). The van der Waals surface area contributed by atoms with Crippen LogP contribution in [0, 0.1) is 16.7 Å². The fourth-order valence-corrected chi connectivity index (χ4v) is 2.00. The second-order valence-corrected chi connectivity index (χ2v) is 8.58. The molecule has 1 unspecified atom stereocenters. The topological polar surface area (TPSA) is 58.2 Å². The first kappa shape index (κ1) is 20.9. The van der Waals surface area contributed by atoms with E-state index in [1.807, 2.05) is 34.6 Å². The van der Waals surface area contributed by atoms with Gasteiger partial charge in [0.15, 0.2) is 0 Å². The molecule has 0 aromatic carbocycles. The molecule has 0 rings (SSSR count). The predicted molar refractivity (Wildman–Crippen MR) is 92.5 cm³/mol. The first-order chi connectivity index (χ1) is 9.85. The predicted octanol–water partition coefficient (Wildman–Crippen LogP) is 3.51. The highest BCUT2D eigenvalue weighted by atomic mass is 16.2. The molecule has 4 nitrogen and oxygen atoms in total. The van der Waals surface area contributed by atoms with E-state index < -0.39 is 0 Å². The SMILES string of the molecule is CC(C)C(=O)NC(CCCCNC(=O)C(C)(C)C)C(C)(C)C. The molecular formula is C18H36N2O2. The average Bonchev–Trinajstić information content (AvgIpc) is 2.33. The Bertz CT molecular complexity index is 362. The van der Waals surface area contributed by atoms with E-state index in [-0.39, 0.29) is 34.6 Å². The molecule has 0 aliphatic heterocycles. The molecule has 22 heavy (non-hydrogen) atoms. The van der Waals surface area contributed by atoms with E-state index in [1.165, 1.54) is 0 Å². The minimum absolute atomic E-state index is 0.0101. The minimum atomic E-state index is -0.334. The number of hydrogen-bond donors (Lipinski definition) is 2. The van der Waals surface area contributed by atoms with Gasteiger partial charge < -0.3 is 10.6 Å². The van der Waals surface area contributed by atoms with Crippen LogP contribution in [0.1, 0.15) is 74.7 Å². The summed E-state index contributed by atoms with van der Waals surface area (Å²) in [5, 5.41) is 6.12. The lowest BCUT2D eigenvalue weighted by Gasteiger charge is -2.32. The summed E-state index contributed by atoms with van der Waals surface area (Å²) < 4.78 is 0. The van der Waals surface area contributed by atoms with Crippen molar-refractivity contribution in [1.29, 1.82) is 0 Å². The first-order valence-corrected chi connectivity index (χ1v) is 8.44. The van der Waals surface area contributed by atoms with Crippen molar-refractivity contribution in [2.24, 2.45) is 16.7 Å². The molecule has 1 atom stereocenters. The molecule has 0 aliphatic carbocycles. The Hall–Kier alpha value is -1.06. The number of rotatable bonds is 7. The fourth-order valence-electron chi connectivity index (χ4n) is 2.00. The zero-order chi connectivity index (χ0) is 17.6. The lowest BCUT2D eigenvalue weighted by atomic mass is 9.83. The van der Waals surface area contributed by atoms with Crippen molar-refractivity contribution in [2.75, 3.05) is 6.54 Å². The molecule has 2 N–H and O–H groups in total. The van der Waals surface area contributed by atoms with Crippen LogP contribution in [0.2, 0.25) is 0 Å². The normalized spacial score (nSPS) is 13.9. The Balaban J connectivity index is 4.21. The van der Waals surface area contributed by atoms with Crippen LogP contribution in [-0.2, 0) is 9.59 Å². The smallest absolute Gasteiger partial charge is 0.225 e. The maximum absolute atomic E-state index is 11.9. The molecule has 0 bridgehead atoms. The van der Waals surface area contributed by atoms with Crippen molar-refractivity contribution in [3.05, 3.63) is 0 Å². The van der Waals surface area contributed by atoms with Crippen LogP contribution in [0.3, 0.4) is 0 Å². The van der Waals surface area contributed by atoms with E-state index in [0.717, 1.165) is 19.3 Å². The van der Waals surface area contributed by atoms with Crippen molar-refractivity contribution in [2.45, 2.75) is 80.7 Å². The molecule has 0 spiro atoms. The molecule has 0 saturated heterocycles. The highest BCUT2D eigenvalue weighted by Gasteiger charge is 2.26. The van der Waals surface area contributed by atoms with Gasteiger partial charge in [0.1, 0.15) is 0 Å². The van der Waals surface area contributed by atoms with Crippen molar-refractivity contribution in [3.63, 3.8) is 0 Å². The highest BCUT2D eigenvalue weighted by Crippen LogP contribution is 2.24. The van der Waals surface area contributed by atoms with E-state index in [9.17, 15) is 9.59 Å². The Morgan fingerprint density at radius 2 is 1.50 bits per heavy atom. The number of unbranched alkanes of at least 4 members (excludes halogenated alkanes) is 1. The number of carbonyl (C=O) groups excluding carboxylic acids is 2. The number of carbonyl (C=O) groups is 2. The van der Waals surface area contributed by atoms with Crippen LogP contribution in [0.4, 0.5) is 0 Å². The fraction of sp³-hybridized carbons (Fsp3) is 0.889. The minimum Gasteiger partial charge on any atom is -0.356 e. The summed E-state index contributed by atoms with van der Waals surface area (Å²) in [6, 6.07) is 0.167. The molecule has 0 aliphatic rings. The van der Waals surface area contributed by atoms with Crippen LogP contribution in [0.25, 0.3) is 0 Å². The monoisotopic (exact) mass is 312 g/mol. The zero-order valence-corrected chi connectivity index (χ0v) is 15.8. The summed E-state index contributed by atoms with van der Waals surface area (Å²) in [6.45, 7) is 16.7. The van der Waals surface area contributed by atoms with Crippen LogP contribution in [0.5, 0.6) is 0 Å². The van der Waals surface area contributed by atoms with Crippen LogP contribution in [0.15, 0.2) is 0 Å². The molecule has 0 aromatic heterocycles. The van der Waals surface area contributed by atoms with Gasteiger partial charge in [0.25, 0.3) is 0 Å². The molecule has 0 heterocycles. The molecule has 0 aromatic rings. The summed E-state index contributed by atoms with van der Waals surface area (Å²) in [7, 11) is 0. The van der Waals surface area contributed by atoms with Gasteiger partial charge in [-0.2, -0.15) is 0 Å². The Labute approximate surface area is 136 Å². The van der Waals surface area contributed by atoms with Gasteiger partial charge in [-0.05, 0) is 24.7 Å². The molecule has 130 valence electrons. The maximum atomic E-state index is 11.9. The third-order valence-corrected chi connectivity index (χ3v) is 3.77. The van der Waals surface area contributed by atoms with E-state index in [2.05, 4.69) is 31.4 Å². The summed E-state index contributed by atoms with van der Waals surface area (Å²) in [6.07, 6.45) is 2.87. The van der Waals surface area contributed by atoms with Gasteiger partial charge in [0.2, 0.25) is 11.8 Å². The van der Waals surface area contributed by atoms with Gasteiger partial charge in [-0.1, -0.05) is 55.4 Å². The largest absolute Gasteiger partial charge is 0.356 e. The second-order valence-electron chi connectivity index (χ2n) is 8.58. The molecule has 4 heteroatoms. The molecule has 0 fully saturated rings. The molecule has 0 saturated carbocycles. The van der Waals surface area contributed by atoms with Crippen LogP contribution >= 0.6 is 0 Å². The first-order valence-electron chi connectivity index (χ1n) is 8.44. The second kappa shape index (κ2) is 8.54.